The number of halogens is 1. The fourth-order valence-corrected chi connectivity index (χ4v) is 3.66. The molecule has 1 amide bonds. The van der Waals surface area contributed by atoms with Crippen LogP contribution in [0.3, 0.4) is 0 Å². The van der Waals surface area contributed by atoms with Crippen LogP contribution >= 0.6 is 11.3 Å². The molecule has 1 aliphatic rings. The molecule has 4 nitrogen and oxygen atoms in total. The zero-order chi connectivity index (χ0) is 17.8. The molecular weight excluding hydrogens is 337 g/mol. The molecule has 6 heteroatoms. The first-order valence-electron chi connectivity index (χ1n) is 8.21. The highest BCUT2D eigenvalue weighted by Gasteiger charge is 2.33. The number of carbonyl (C=O) groups is 1. The molecule has 1 aliphatic carbocycles. The Morgan fingerprint density at radius 1 is 1.36 bits per heavy atom. The second-order valence-electron chi connectivity index (χ2n) is 6.22. The monoisotopic (exact) mass is 357 g/mol. The van der Waals surface area contributed by atoms with Crippen molar-refractivity contribution in [2.75, 3.05) is 11.4 Å². The van der Waals surface area contributed by atoms with Crippen LogP contribution < -0.4 is 4.90 Å². The van der Waals surface area contributed by atoms with Gasteiger partial charge in [-0.2, -0.15) is 0 Å². The van der Waals surface area contributed by atoms with Crippen molar-refractivity contribution in [3.05, 3.63) is 46.7 Å². The Bertz CT molecular complexity index is 777. The van der Waals surface area contributed by atoms with E-state index in [-0.39, 0.29) is 11.7 Å². The van der Waals surface area contributed by atoms with Crippen molar-refractivity contribution in [1.29, 1.82) is 0 Å². The molecule has 0 radical (unpaired) electrons. The topological polar surface area (TPSA) is 36.4 Å². The summed E-state index contributed by atoms with van der Waals surface area (Å²) < 4.78 is 13.0. The molecule has 130 valence electrons. The van der Waals surface area contributed by atoms with Gasteiger partial charge in [0.1, 0.15) is 5.82 Å². The van der Waals surface area contributed by atoms with Gasteiger partial charge in [-0.25, -0.2) is 9.37 Å². The van der Waals surface area contributed by atoms with E-state index in [9.17, 15) is 9.18 Å². The summed E-state index contributed by atoms with van der Waals surface area (Å²) >= 11 is 1.49. The van der Waals surface area contributed by atoms with E-state index < -0.39 is 0 Å². The van der Waals surface area contributed by atoms with Gasteiger partial charge in [0.25, 0.3) is 0 Å². The van der Waals surface area contributed by atoms with E-state index in [1.54, 1.807) is 24.0 Å². The van der Waals surface area contributed by atoms with Gasteiger partial charge in [-0.3, -0.25) is 14.6 Å². The predicted octanol–water partition coefficient (Wildman–Crippen LogP) is 3.43. The molecule has 0 bridgehead atoms. The maximum absolute atomic E-state index is 13.0. The van der Waals surface area contributed by atoms with E-state index in [0.29, 0.717) is 25.7 Å². The third kappa shape index (κ3) is 4.65. The zero-order valence-electron chi connectivity index (χ0n) is 14.1. The Hall–Kier alpha value is -2.23. The molecule has 0 saturated heterocycles. The van der Waals surface area contributed by atoms with Crippen LogP contribution in [0.15, 0.2) is 29.6 Å². The Kier molecular flexibility index (Phi) is 5.47. The molecule has 0 unspecified atom stereocenters. The first-order chi connectivity index (χ1) is 12.1. The lowest BCUT2D eigenvalue weighted by Gasteiger charge is -2.19. The Morgan fingerprint density at radius 2 is 2.08 bits per heavy atom. The highest BCUT2D eigenvalue weighted by atomic mass is 32.1. The van der Waals surface area contributed by atoms with E-state index >= 15 is 0 Å². The van der Waals surface area contributed by atoms with Crippen LogP contribution in [0.25, 0.3) is 0 Å². The van der Waals surface area contributed by atoms with E-state index in [1.807, 2.05) is 5.38 Å². The second kappa shape index (κ2) is 7.77. The minimum absolute atomic E-state index is 0.0372. The highest BCUT2D eigenvalue weighted by molar-refractivity contribution is 7.14. The molecule has 2 aromatic rings. The van der Waals surface area contributed by atoms with Crippen molar-refractivity contribution >= 4 is 22.4 Å². The van der Waals surface area contributed by atoms with Crippen LogP contribution in [-0.2, 0) is 17.9 Å². The van der Waals surface area contributed by atoms with E-state index in [0.717, 1.165) is 29.2 Å². The molecular formula is C19H20FN3OS. The lowest BCUT2D eigenvalue weighted by atomic mass is 10.2. The summed E-state index contributed by atoms with van der Waals surface area (Å²) in [5.74, 6) is 2.45. The summed E-state index contributed by atoms with van der Waals surface area (Å²) in [6.07, 6.45) is 7.57. The summed E-state index contributed by atoms with van der Waals surface area (Å²) in [6.45, 7) is 3.27. The number of hydrogen-bond donors (Lipinski definition) is 0. The van der Waals surface area contributed by atoms with Crippen LogP contribution in [0, 0.1) is 18.2 Å². The van der Waals surface area contributed by atoms with Gasteiger partial charge in [-0.1, -0.05) is 18.1 Å². The van der Waals surface area contributed by atoms with Crippen molar-refractivity contribution in [2.45, 2.75) is 38.9 Å². The first kappa shape index (κ1) is 17.6. The molecule has 0 atom stereocenters. The fourth-order valence-electron chi connectivity index (χ4n) is 2.73. The Morgan fingerprint density at radius 3 is 2.68 bits per heavy atom. The summed E-state index contributed by atoms with van der Waals surface area (Å²) in [6, 6.07) is 6.72. The number of amides is 1. The van der Waals surface area contributed by atoms with Gasteiger partial charge in [0, 0.05) is 31.4 Å². The maximum Gasteiger partial charge on any atom is 0.225 e. The van der Waals surface area contributed by atoms with Gasteiger partial charge >= 0.3 is 0 Å². The Labute approximate surface area is 151 Å². The lowest BCUT2D eigenvalue weighted by molar-refractivity contribution is -0.116. The third-order valence-corrected chi connectivity index (χ3v) is 4.91. The number of rotatable bonds is 7. The molecule has 0 aliphatic heterocycles. The van der Waals surface area contributed by atoms with Crippen LogP contribution in [0.5, 0.6) is 0 Å². The number of aromatic nitrogens is 1. The van der Waals surface area contributed by atoms with Crippen LogP contribution in [0.2, 0.25) is 0 Å². The number of hydrogen-bond acceptors (Lipinski definition) is 4. The molecule has 1 heterocycles. The largest absolute Gasteiger partial charge is 0.285 e. The molecule has 3 rings (SSSR count). The maximum atomic E-state index is 13.0. The zero-order valence-corrected chi connectivity index (χ0v) is 14.9. The SMILES string of the molecule is C#CCN(Cc1ccc(F)cc1)Cc1csc(N(C(C)=O)C2CC2)n1. The predicted molar refractivity (Wildman–Crippen MR) is 97.6 cm³/mol. The average Bonchev–Trinajstić information content (AvgIpc) is 3.29. The second-order valence-corrected chi connectivity index (χ2v) is 7.05. The summed E-state index contributed by atoms with van der Waals surface area (Å²) in [4.78, 5) is 20.3. The highest BCUT2D eigenvalue weighted by Crippen LogP contribution is 2.33. The van der Waals surface area contributed by atoms with Gasteiger partial charge in [0.2, 0.25) is 5.91 Å². The molecule has 0 spiro atoms. The Balaban J connectivity index is 1.69. The van der Waals surface area contributed by atoms with Crippen molar-refractivity contribution in [1.82, 2.24) is 9.88 Å². The first-order valence-corrected chi connectivity index (χ1v) is 9.09. The van der Waals surface area contributed by atoms with Gasteiger partial charge in [0.05, 0.1) is 12.2 Å². The summed E-state index contributed by atoms with van der Waals surface area (Å²) in [5, 5.41) is 2.73. The third-order valence-electron chi connectivity index (χ3n) is 4.02. The minimum Gasteiger partial charge on any atom is -0.285 e. The minimum atomic E-state index is -0.249. The fraction of sp³-hybridized carbons (Fsp3) is 0.368. The summed E-state index contributed by atoms with van der Waals surface area (Å²) in [5.41, 5.74) is 1.89. The number of terminal acetylenes is 1. The molecule has 1 aromatic heterocycles. The smallest absolute Gasteiger partial charge is 0.225 e. The van der Waals surface area contributed by atoms with Crippen molar-refractivity contribution in [2.24, 2.45) is 0 Å². The van der Waals surface area contributed by atoms with E-state index in [4.69, 9.17) is 6.42 Å². The number of nitrogens with zero attached hydrogens (tertiary/aromatic N) is 3. The normalized spacial score (nSPS) is 13.7. The van der Waals surface area contributed by atoms with Crippen LogP contribution in [-0.4, -0.2) is 28.4 Å². The van der Waals surface area contributed by atoms with Gasteiger partial charge in [-0.15, -0.1) is 17.8 Å². The standard InChI is InChI=1S/C19H20FN3OS/c1-3-10-22(11-15-4-6-16(20)7-5-15)12-17-13-25-19(21-17)23(14(2)24)18-8-9-18/h1,4-7,13,18H,8-12H2,2H3. The van der Waals surface area contributed by atoms with Crippen molar-refractivity contribution in [3.8, 4) is 12.3 Å². The summed E-state index contributed by atoms with van der Waals surface area (Å²) in [7, 11) is 0. The van der Waals surface area contributed by atoms with Crippen LogP contribution in [0.1, 0.15) is 31.0 Å². The number of benzene rings is 1. The molecule has 1 fully saturated rings. The van der Waals surface area contributed by atoms with Gasteiger partial charge < -0.3 is 0 Å². The van der Waals surface area contributed by atoms with Gasteiger partial charge in [0.15, 0.2) is 5.13 Å². The number of thiazole rings is 1. The van der Waals surface area contributed by atoms with E-state index in [2.05, 4.69) is 15.8 Å². The van der Waals surface area contributed by atoms with Crippen molar-refractivity contribution < 1.29 is 9.18 Å². The molecule has 1 saturated carbocycles. The molecule has 25 heavy (non-hydrogen) atoms. The average molecular weight is 357 g/mol. The lowest BCUT2D eigenvalue weighted by Crippen LogP contribution is -2.30. The molecule has 0 N–H and O–H groups in total. The van der Waals surface area contributed by atoms with Crippen molar-refractivity contribution in [3.63, 3.8) is 0 Å². The number of carbonyl (C=O) groups excluding carboxylic acids is 1. The quantitative estimate of drug-likeness (QED) is 0.713. The molecule has 1 aromatic carbocycles. The van der Waals surface area contributed by atoms with E-state index in [1.165, 1.54) is 23.5 Å². The number of anilines is 1. The van der Waals surface area contributed by atoms with Crippen LogP contribution in [0.4, 0.5) is 9.52 Å². The van der Waals surface area contributed by atoms with Gasteiger partial charge in [-0.05, 0) is 30.5 Å².